The highest BCUT2D eigenvalue weighted by atomic mass is 16.4. The first kappa shape index (κ1) is 6.43. The Balaban J connectivity index is 3.13. The first-order valence-corrected chi connectivity index (χ1v) is 2.18. The molecule has 0 rings (SSSR count). The lowest BCUT2D eigenvalue weighted by molar-refractivity contribution is -0.413. The number of carboxylic acid groups (broad SMARTS) is 1. The second-order valence-electron chi connectivity index (χ2n) is 1.70. The third-order valence-corrected chi connectivity index (χ3v) is 0.523. The molecular formula is C4H10NO2+. The van der Waals surface area contributed by atoms with E-state index in [4.69, 9.17) is 5.11 Å². The van der Waals surface area contributed by atoms with Gasteiger partial charge in [-0.15, -0.1) is 0 Å². The van der Waals surface area contributed by atoms with Crippen molar-refractivity contribution in [2.45, 2.75) is 19.4 Å². The summed E-state index contributed by atoms with van der Waals surface area (Å²) in [6.07, 6.45) is 0.167. The van der Waals surface area contributed by atoms with Gasteiger partial charge in [0, 0.05) is 0 Å². The molecule has 0 aliphatic carbocycles. The van der Waals surface area contributed by atoms with E-state index in [1.165, 1.54) is 0 Å². The first-order valence-electron chi connectivity index (χ1n) is 2.18. The van der Waals surface area contributed by atoms with Gasteiger partial charge in [0.2, 0.25) is 0 Å². The minimum absolute atomic E-state index is 0.0255. The molecule has 0 aliphatic rings. The Hall–Kier alpha value is -0.570. The van der Waals surface area contributed by atoms with Crippen molar-refractivity contribution in [1.82, 2.24) is 0 Å². The zero-order valence-corrected chi connectivity index (χ0v) is 4.35. The fourth-order valence-electron chi connectivity index (χ4n) is 0.298. The third kappa shape index (κ3) is 5.43. The van der Waals surface area contributed by atoms with Crippen LogP contribution in [0.15, 0.2) is 0 Å². The number of hydrogen-bond donors (Lipinski definition) is 2. The first-order chi connectivity index (χ1) is 3.13. The van der Waals surface area contributed by atoms with Crippen molar-refractivity contribution in [1.29, 1.82) is 0 Å². The third-order valence-electron chi connectivity index (χ3n) is 0.523. The Labute approximate surface area is 42.1 Å². The molecule has 1 unspecified atom stereocenters. The topological polar surface area (TPSA) is 64.9 Å². The maximum atomic E-state index is 9.77. The lowest BCUT2D eigenvalue weighted by Gasteiger charge is -1.91. The number of quaternary nitrogens is 1. The summed E-state index contributed by atoms with van der Waals surface area (Å²) >= 11 is 0. The molecule has 4 N–H and O–H groups in total. The molecular weight excluding hydrogens is 94.0 g/mol. The van der Waals surface area contributed by atoms with Crippen LogP contribution >= 0.6 is 0 Å². The SMILES string of the molecule is CC([NH3+])CC(=O)O. The minimum Gasteiger partial charge on any atom is -0.481 e. The van der Waals surface area contributed by atoms with Gasteiger partial charge in [0.05, 0.1) is 12.5 Å². The van der Waals surface area contributed by atoms with Crippen LogP contribution in [0.4, 0.5) is 0 Å². The summed E-state index contributed by atoms with van der Waals surface area (Å²) in [6.45, 7) is 1.77. The second kappa shape index (κ2) is 2.58. The Morgan fingerprint density at radius 3 is 2.43 bits per heavy atom. The molecule has 0 aromatic heterocycles. The number of carboxylic acids is 1. The van der Waals surface area contributed by atoms with Crippen molar-refractivity contribution in [3.8, 4) is 0 Å². The van der Waals surface area contributed by atoms with Gasteiger partial charge in [0.25, 0.3) is 0 Å². The van der Waals surface area contributed by atoms with E-state index < -0.39 is 5.97 Å². The fourth-order valence-corrected chi connectivity index (χ4v) is 0.298. The van der Waals surface area contributed by atoms with Gasteiger partial charge in [0.1, 0.15) is 0 Å². The molecule has 3 heteroatoms. The average molecular weight is 104 g/mol. The van der Waals surface area contributed by atoms with Crippen molar-refractivity contribution < 1.29 is 15.6 Å². The monoisotopic (exact) mass is 104 g/mol. The van der Waals surface area contributed by atoms with E-state index in [9.17, 15) is 4.79 Å². The summed E-state index contributed by atoms with van der Waals surface area (Å²) in [5.41, 5.74) is 3.50. The normalized spacial score (nSPS) is 13.4. The quantitative estimate of drug-likeness (QED) is 0.476. The largest absolute Gasteiger partial charge is 0.481 e. The van der Waals surface area contributed by atoms with Gasteiger partial charge >= 0.3 is 5.97 Å². The maximum absolute atomic E-state index is 9.77. The van der Waals surface area contributed by atoms with Crippen LogP contribution in [0.25, 0.3) is 0 Å². The molecule has 3 nitrogen and oxygen atoms in total. The molecule has 7 heavy (non-hydrogen) atoms. The summed E-state index contributed by atoms with van der Waals surface area (Å²) in [6, 6.07) is 0.0255. The lowest BCUT2D eigenvalue weighted by atomic mass is 10.3. The van der Waals surface area contributed by atoms with E-state index in [2.05, 4.69) is 5.73 Å². The minimum atomic E-state index is -0.775. The van der Waals surface area contributed by atoms with Crippen LogP contribution in [-0.2, 0) is 4.79 Å². The molecule has 0 saturated carbocycles. The van der Waals surface area contributed by atoms with Crippen LogP contribution in [0.1, 0.15) is 13.3 Å². The molecule has 0 fully saturated rings. The second-order valence-corrected chi connectivity index (χ2v) is 1.70. The van der Waals surface area contributed by atoms with E-state index in [-0.39, 0.29) is 12.5 Å². The Bertz CT molecular complexity index is 70.1. The summed E-state index contributed by atoms with van der Waals surface area (Å²) < 4.78 is 0. The zero-order valence-electron chi connectivity index (χ0n) is 4.35. The summed E-state index contributed by atoms with van der Waals surface area (Å²) in [5, 5.41) is 8.04. The molecule has 0 aliphatic heterocycles. The van der Waals surface area contributed by atoms with Crippen LogP contribution in [0.2, 0.25) is 0 Å². The predicted molar refractivity (Wildman–Crippen MR) is 24.6 cm³/mol. The zero-order chi connectivity index (χ0) is 5.86. The molecule has 0 aromatic rings. The van der Waals surface area contributed by atoms with Gasteiger partial charge in [-0.05, 0) is 6.92 Å². The fraction of sp³-hybridized carbons (Fsp3) is 0.750. The average Bonchev–Trinajstić information content (AvgIpc) is 1.27. The van der Waals surface area contributed by atoms with Gasteiger partial charge in [-0.1, -0.05) is 0 Å². The van der Waals surface area contributed by atoms with Crippen LogP contribution in [-0.4, -0.2) is 17.1 Å². The van der Waals surface area contributed by atoms with Crippen molar-refractivity contribution in [3.63, 3.8) is 0 Å². The molecule has 0 radical (unpaired) electrons. The molecule has 0 bridgehead atoms. The number of hydrogen-bond acceptors (Lipinski definition) is 1. The number of rotatable bonds is 2. The van der Waals surface area contributed by atoms with E-state index in [0.29, 0.717) is 0 Å². The summed E-state index contributed by atoms with van der Waals surface area (Å²) in [7, 11) is 0. The highest BCUT2D eigenvalue weighted by molar-refractivity contribution is 5.67. The standard InChI is InChI=1S/C4H9NO2/c1-3(5)2-4(6)7/h3H,2,5H2,1H3,(H,6,7)/p+1. The Kier molecular flexibility index (Phi) is 2.37. The van der Waals surface area contributed by atoms with Crippen LogP contribution in [0.3, 0.4) is 0 Å². The molecule has 0 saturated heterocycles. The van der Waals surface area contributed by atoms with Crippen LogP contribution in [0, 0.1) is 0 Å². The summed E-state index contributed by atoms with van der Waals surface area (Å²) in [5.74, 6) is -0.775. The van der Waals surface area contributed by atoms with Gasteiger partial charge < -0.3 is 10.8 Å². The molecule has 0 amide bonds. The maximum Gasteiger partial charge on any atom is 0.309 e. The van der Waals surface area contributed by atoms with Gasteiger partial charge in [-0.3, -0.25) is 4.79 Å². The highest BCUT2D eigenvalue weighted by Crippen LogP contribution is 1.79. The van der Waals surface area contributed by atoms with Crippen molar-refractivity contribution in [2.24, 2.45) is 0 Å². The van der Waals surface area contributed by atoms with E-state index in [1.807, 2.05) is 0 Å². The molecule has 42 valence electrons. The molecule has 0 aromatic carbocycles. The van der Waals surface area contributed by atoms with E-state index in [1.54, 1.807) is 6.92 Å². The molecule has 0 heterocycles. The molecule has 0 spiro atoms. The number of aliphatic carboxylic acids is 1. The van der Waals surface area contributed by atoms with E-state index >= 15 is 0 Å². The Morgan fingerprint density at radius 1 is 2.00 bits per heavy atom. The van der Waals surface area contributed by atoms with Gasteiger partial charge in [-0.2, -0.15) is 0 Å². The van der Waals surface area contributed by atoms with E-state index in [0.717, 1.165) is 0 Å². The van der Waals surface area contributed by atoms with Crippen molar-refractivity contribution in [3.05, 3.63) is 0 Å². The smallest absolute Gasteiger partial charge is 0.309 e. The van der Waals surface area contributed by atoms with Crippen molar-refractivity contribution >= 4 is 5.97 Å². The van der Waals surface area contributed by atoms with Crippen molar-refractivity contribution in [2.75, 3.05) is 0 Å². The highest BCUT2D eigenvalue weighted by Gasteiger charge is 2.02. The summed E-state index contributed by atoms with van der Waals surface area (Å²) in [4.78, 5) is 9.77. The van der Waals surface area contributed by atoms with Gasteiger partial charge in [0.15, 0.2) is 0 Å². The number of carbonyl (C=O) groups is 1. The van der Waals surface area contributed by atoms with Crippen LogP contribution in [0.5, 0.6) is 0 Å². The Morgan fingerprint density at radius 2 is 2.43 bits per heavy atom. The van der Waals surface area contributed by atoms with Gasteiger partial charge in [-0.25, -0.2) is 0 Å². The predicted octanol–water partition coefficient (Wildman–Crippen LogP) is -0.908. The van der Waals surface area contributed by atoms with Crippen LogP contribution < -0.4 is 5.73 Å². The molecule has 1 atom stereocenters. The lowest BCUT2D eigenvalue weighted by Crippen LogP contribution is -2.59.